The first kappa shape index (κ1) is 18.6. The number of hydrogen-bond donors (Lipinski definition) is 2. The quantitative estimate of drug-likeness (QED) is 0.334. The summed E-state index contributed by atoms with van der Waals surface area (Å²) in [5.74, 6) is 4.69. The third kappa shape index (κ3) is 4.87. The molecular formula is C19H22FN3O2. The highest BCUT2D eigenvalue weighted by molar-refractivity contribution is 5.82. The molecule has 0 aliphatic rings. The highest BCUT2D eigenvalue weighted by atomic mass is 19.1. The first-order valence-electron chi connectivity index (χ1n) is 8.01. The third-order valence-electron chi connectivity index (χ3n) is 4.31. The zero-order chi connectivity index (χ0) is 18.3. The Morgan fingerprint density at radius 3 is 2.40 bits per heavy atom. The van der Waals surface area contributed by atoms with Gasteiger partial charge in [-0.3, -0.25) is 15.0 Å². The number of anilines is 1. The number of hydrazine groups is 1. The number of carbonyl (C=O) groups excluding carboxylic acids is 2. The lowest BCUT2D eigenvalue weighted by atomic mass is 9.79. The molecule has 3 N–H and O–H groups in total. The van der Waals surface area contributed by atoms with Crippen LogP contribution >= 0.6 is 0 Å². The Kier molecular flexibility index (Phi) is 6.25. The molecule has 0 fully saturated rings. The van der Waals surface area contributed by atoms with Crippen LogP contribution in [0.5, 0.6) is 0 Å². The lowest BCUT2D eigenvalue weighted by molar-refractivity contribution is -0.130. The van der Waals surface area contributed by atoms with Crippen LogP contribution in [0, 0.1) is 11.2 Å². The zero-order valence-corrected chi connectivity index (χ0v) is 14.1. The fraction of sp³-hybridized carbons (Fsp3) is 0.263. The van der Waals surface area contributed by atoms with E-state index in [1.807, 2.05) is 37.3 Å². The van der Waals surface area contributed by atoms with Gasteiger partial charge in [0.05, 0.1) is 5.41 Å². The van der Waals surface area contributed by atoms with Crippen LogP contribution in [0.2, 0.25) is 0 Å². The van der Waals surface area contributed by atoms with Crippen molar-refractivity contribution in [3.05, 3.63) is 66.0 Å². The van der Waals surface area contributed by atoms with Crippen molar-refractivity contribution in [3.8, 4) is 0 Å². The first-order valence-corrected chi connectivity index (χ1v) is 8.01. The van der Waals surface area contributed by atoms with E-state index in [0.29, 0.717) is 31.5 Å². The van der Waals surface area contributed by atoms with Crippen molar-refractivity contribution in [3.63, 3.8) is 0 Å². The maximum absolute atomic E-state index is 13.0. The highest BCUT2D eigenvalue weighted by Crippen LogP contribution is 2.28. The Labute approximate surface area is 146 Å². The van der Waals surface area contributed by atoms with Gasteiger partial charge in [-0.15, -0.1) is 0 Å². The van der Waals surface area contributed by atoms with Gasteiger partial charge in [0.25, 0.3) is 0 Å². The van der Waals surface area contributed by atoms with Crippen molar-refractivity contribution < 1.29 is 14.0 Å². The third-order valence-corrected chi connectivity index (χ3v) is 4.31. The molecule has 0 bridgehead atoms. The van der Waals surface area contributed by atoms with Crippen LogP contribution in [0.25, 0.3) is 0 Å². The van der Waals surface area contributed by atoms with Gasteiger partial charge in [0.2, 0.25) is 12.3 Å². The van der Waals surface area contributed by atoms with Crippen LogP contribution in [0.15, 0.2) is 54.6 Å². The molecule has 0 spiro atoms. The van der Waals surface area contributed by atoms with Gasteiger partial charge in [-0.05, 0) is 42.7 Å². The lowest BCUT2D eigenvalue weighted by Gasteiger charge is -2.30. The summed E-state index contributed by atoms with van der Waals surface area (Å²) >= 11 is 0. The smallest absolute Gasteiger partial charge is 0.240 e. The van der Waals surface area contributed by atoms with E-state index in [-0.39, 0.29) is 11.7 Å². The van der Waals surface area contributed by atoms with Gasteiger partial charge in [-0.2, -0.15) is 0 Å². The number of amides is 2. The SMILES string of the molecule is C[C@@](CCN(C=O)c1ccc(F)cc1)(Cc1ccccc1)C(=O)NN. The van der Waals surface area contributed by atoms with E-state index in [4.69, 9.17) is 5.84 Å². The van der Waals surface area contributed by atoms with E-state index in [9.17, 15) is 14.0 Å². The van der Waals surface area contributed by atoms with Crippen molar-refractivity contribution in [2.45, 2.75) is 19.8 Å². The zero-order valence-electron chi connectivity index (χ0n) is 14.1. The normalized spacial score (nSPS) is 12.9. The van der Waals surface area contributed by atoms with Gasteiger partial charge in [0, 0.05) is 12.2 Å². The van der Waals surface area contributed by atoms with Gasteiger partial charge < -0.3 is 4.90 Å². The van der Waals surface area contributed by atoms with Crippen molar-refractivity contribution in [1.29, 1.82) is 0 Å². The van der Waals surface area contributed by atoms with Gasteiger partial charge in [0.15, 0.2) is 0 Å². The molecule has 0 aromatic heterocycles. The molecule has 25 heavy (non-hydrogen) atoms. The maximum atomic E-state index is 13.0. The van der Waals surface area contributed by atoms with Crippen molar-refractivity contribution in [2.75, 3.05) is 11.4 Å². The molecular weight excluding hydrogens is 321 g/mol. The Hall–Kier alpha value is -2.73. The molecule has 132 valence electrons. The van der Waals surface area contributed by atoms with E-state index in [1.165, 1.54) is 29.2 Å². The minimum absolute atomic E-state index is 0.290. The largest absolute Gasteiger partial charge is 0.315 e. The van der Waals surface area contributed by atoms with Crippen LogP contribution in [-0.4, -0.2) is 18.9 Å². The summed E-state index contributed by atoms with van der Waals surface area (Å²) in [7, 11) is 0. The second-order valence-electron chi connectivity index (χ2n) is 6.22. The van der Waals surface area contributed by atoms with E-state index >= 15 is 0 Å². The standard InChI is InChI=1S/C19H22FN3O2/c1-19(18(25)22-21,13-15-5-3-2-4-6-15)11-12-23(14-24)17-9-7-16(20)8-10-17/h2-10,14H,11-13,21H2,1H3,(H,22,25)/t19-/m1/s1. The van der Waals surface area contributed by atoms with Gasteiger partial charge >= 0.3 is 0 Å². The fourth-order valence-electron chi connectivity index (χ4n) is 2.75. The Bertz CT molecular complexity index is 706. The topological polar surface area (TPSA) is 75.4 Å². The minimum Gasteiger partial charge on any atom is -0.315 e. The Balaban J connectivity index is 2.14. The number of rotatable bonds is 8. The van der Waals surface area contributed by atoms with Crippen molar-refractivity contribution >= 4 is 18.0 Å². The lowest BCUT2D eigenvalue weighted by Crippen LogP contribution is -2.45. The molecule has 1 atom stereocenters. The predicted molar refractivity (Wildman–Crippen MR) is 95.0 cm³/mol. The number of carbonyl (C=O) groups is 2. The molecule has 0 saturated carbocycles. The van der Waals surface area contributed by atoms with E-state index in [2.05, 4.69) is 5.43 Å². The molecule has 2 aromatic rings. The highest BCUT2D eigenvalue weighted by Gasteiger charge is 2.33. The average molecular weight is 343 g/mol. The fourth-order valence-corrected chi connectivity index (χ4v) is 2.75. The van der Waals surface area contributed by atoms with Gasteiger partial charge in [0.1, 0.15) is 5.82 Å². The monoisotopic (exact) mass is 343 g/mol. The molecule has 0 saturated heterocycles. The Morgan fingerprint density at radius 2 is 1.84 bits per heavy atom. The predicted octanol–water partition coefficient (Wildman–Crippen LogP) is 2.42. The summed E-state index contributed by atoms with van der Waals surface area (Å²) in [6.45, 7) is 2.13. The second kappa shape index (κ2) is 8.39. The summed E-state index contributed by atoms with van der Waals surface area (Å²) in [6, 6.07) is 15.3. The van der Waals surface area contributed by atoms with Gasteiger partial charge in [-0.1, -0.05) is 37.3 Å². The summed E-state index contributed by atoms with van der Waals surface area (Å²) in [5, 5.41) is 0. The van der Waals surface area contributed by atoms with Gasteiger partial charge in [-0.25, -0.2) is 10.2 Å². The number of nitrogens with two attached hydrogens (primary N) is 1. The number of nitrogens with one attached hydrogen (secondary N) is 1. The summed E-state index contributed by atoms with van der Waals surface area (Å²) in [5.41, 5.74) is 3.02. The molecule has 0 heterocycles. The molecule has 0 aliphatic carbocycles. The second-order valence-corrected chi connectivity index (χ2v) is 6.22. The number of nitrogens with zero attached hydrogens (tertiary/aromatic N) is 1. The van der Waals surface area contributed by atoms with Crippen LogP contribution in [0.1, 0.15) is 18.9 Å². The van der Waals surface area contributed by atoms with Crippen LogP contribution in [0.3, 0.4) is 0 Å². The maximum Gasteiger partial charge on any atom is 0.240 e. The summed E-state index contributed by atoms with van der Waals surface area (Å²) in [4.78, 5) is 25.2. The molecule has 0 aliphatic heterocycles. The molecule has 5 nitrogen and oxygen atoms in total. The molecule has 2 aromatic carbocycles. The van der Waals surface area contributed by atoms with Crippen LogP contribution in [-0.2, 0) is 16.0 Å². The first-order chi connectivity index (χ1) is 12.0. The molecule has 2 rings (SSSR count). The summed E-state index contributed by atoms with van der Waals surface area (Å²) < 4.78 is 13.0. The van der Waals surface area contributed by atoms with Crippen LogP contribution < -0.4 is 16.2 Å². The average Bonchev–Trinajstić information content (AvgIpc) is 2.63. The molecule has 0 unspecified atom stereocenters. The molecule has 0 radical (unpaired) electrons. The summed E-state index contributed by atoms with van der Waals surface area (Å²) in [6.07, 6.45) is 1.57. The van der Waals surface area contributed by atoms with E-state index in [1.54, 1.807) is 0 Å². The van der Waals surface area contributed by atoms with Crippen molar-refractivity contribution in [1.82, 2.24) is 5.43 Å². The Morgan fingerprint density at radius 1 is 1.20 bits per heavy atom. The number of hydrogen-bond acceptors (Lipinski definition) is 3. The van der Waals surface area contributed by atoms with E-state index in [0.717, 1.165) is 5.56 Å². The molecule has 2 amide bonds. The number of benzene rings is 2. The molecule has 6 heteroatoms. The van der Waals surface area contributed by atoms with E-state index < -0.39 is 5.41 Å². The number of halogens is 1. The van der Waals surface area contributed by atoms with Crippen molar-refractivity contribution in [2.24, 2.45) is 11.3 Å². The minimum atomic E-state index is -0.780. The van der Waals surface area contributed by atoms with Crippen LogP contribution in [0.4, 0.5) is 10.1 Å².